The molecule has 2 rings (SSSR count). The topological polar surface area (TPSA) is 15.3 Å². The van der Waals surface area contributed by atoms with Gasteiger partial charge in [-0.15, -0.1) is 0 Å². The molecule has 0 radical (unpaired) electrons. The van der Waals surface area contributed by atoms with Crippen LogP contribution in [0.25, 0.3) is 0 Å². The minimum absolute atomic E-state index is 1.04. The summed E-state index contributed by atoms with van der Waals surface area (Å²) in [5, 5.41) is 2.08. The van der Waals surface area contributed by atoms with Crippen LogP contribution < -0.4 is 5.43 Å². The summed E-state index contributed by atoms with van der Waals surface area (Å²) in [5.41, 5.74) is 5.93. The Kier molecular flexibility index (Phi) is 14.1. The first kappa shape index (κ1) is 18.3. The number of hydrazine groups is 1. The number of rotatable bonds is 0. The highest BCUT2D eigenvalue weighted by Gasteiger charge is 2.13. The van der Waals surface area contributed by atoms with E-state index in [1.807, 2.05) is 41.5 Å². The molecule has 0 fully saturated rings. The van der Waals surface area contributed by atoms with E-state index >= 15 is 0 Å². The fraction of sp³-hybridized carbons (Fsp3) is 0.600. The number of nitrogens with one attached hydrogen (secondary N) is 1. The molecule has 2 aliphatic rings. The van der Waals surface area contributed by atoms with Crippen molar-refractivity contribution >= 4 is 0 Å². The van der Waals surface area contributed by atoms with Crippen LogP contribution in [0.3, 0.4) is 0 Å². The van der Waals surface area contributed by atoms with Gasteiger partial charge in [-0.25, -0.2) is 5.43 Å². The van der Waals surface area contributed by atoms with Gasteiger partial charge in [-0.3, -0.25) is 5.01 Å². The third-order valence-electron chi connectivity index (χ3n) is 2.01. The van der Waals surface area contributed by atoms with Gasteiger partial charge in [0.15, 0.2) is 0 Å². The maximum Gasteiger partial charge on any atom is 0.0560 e. The average molecular weight is 238 g/mol. The van der Waals surface area contributed by atoms with E-state index in [1.165, 1.54) is 11.3 Å². The summed E-state index contributed by atoms with van der Waals surface area (Å²) in [6.45, 7) is 15.2. The largest absolute Gasteiger partial charge is 0.284 e. The standard InChI is InChI=1S/C9H12N2.3C2H6/c1-8-4-3-7-11-9(8)5-2-6-10-11;3*1-2/h3-5,7,10H,2,6H2,1H3;3*1-2H3. The first-order chi connectivity index (χ1) is 8.38. The van der Waals surface area contributed by atoms with Gasteiger partial charge < -0.3 is 0 Å². The molecule has 2 nitrogen and oxygen atoms in total. The lowest BCUT2D eigenvalue weighted by Crippen LogP contribution is -2.37. The number of fused-ring (bicyclic) bond motifs is 1. The first-order valence-corrected chi connectivity index (χ1v) is 6.96. The Morgan fingerprint density at radius 2 is 1.65 bits per heavy atom. The maximum atomic E-state index is 3.29. The first-order valence-electron chi connectivity index (χ1n) is 6.96. The van der Waals surface area contributed by atoms with Crippen LogP contribution in [0.15, 0.2) is 35.7 Å². The van der Waals surface area contributed by atoms with E-state index in [0.717, 1.165) is 13.0 Å². The van der Waals surface area contributed by atoms with Crippen LogP contribution in [-0.2, 0) is 0 Å². The fourth-order valence-electron chi connectivity index (χ4n) is 1.42. The molecule has 0 saturated heterocycles. The summed E-state index contributed by atoms with van der Waals surface area (Å²) < 4.78 is 0. The van der Waals surface area contributed by atoms with Crippen LogP contribution in [0.4, 0.5) is 0 Å². The molecule has 1 N–H and O–H groups in total. The minimum atomic E-state index is 1.04. The molecule has 0 saturated carbocycles. The average Bonchev–Trinajstić information content (AvgIpc) is 2.46. The van der Waals surface area contributed by atoms with Crippen LogP contribution in [0, 0.1) is 0 Å². The van der Waals surface area contributed by atoms with Crippen LogP contribution >= 0.6 is 0 Å². The molecule has 0 aliphatic carbocycles. The second-order valence-electron chi connectivity index (χ2n) is 2.85. The van der Waals surface area contributed by atoms with Crippen molar-refractivity contribution in [3.8, 4) is 0 Å². The van der Waals surface area contributed by atoms with Crippen molar-refractivity contribution in [3.05, 3.63) is 35.7 Å². The summed E-state index contributed by atoms with van der Waals surface area (Å²) in [6.07, 6.45) is 9.65. The summed E-state index contributed by atoms with van der Waals surface area (Å²) in [7, 11) is 0. The molecular weight excluding hydrogens is 208 g/mol. The normalized spacial score (nSPS) is 15.6. The van der Waals surface area contributed by atoms with Crippen molar-refractivity contribution in [3.63, 3.8) is 0 Å². The Morgan fingerprint density at radius 1 is 1.06 bits per heavy atom. The molecule has 0 amide bonds. The zero-order valence-corrected chi connectivity index (χ0v) is 12.7. The van der Waals surface area contributed by atoms with E-state index in [-0.39, 0.29) is 0 Å². The van der Waals surface area contributed by atoms with Gasteiger partial charge in [0.2, 0.25) is 0 Å². The smallest absolute Gasteiger partial charge is 0.0560 e. The summed E-state index contributed by atoms with van der Waals surface area (Å²) >= 11 is 0. The molecule has 2 aliphatic heterocycles. The molecule has 0 spiro atoms. The fourth-order valence-corrected chi connectivity index (χ4v) is 1.42. The third-order valence-corrected chi connectivity index (χ3v) is 2.01. The van der Waals surface area contributed by atoms with Crippen molar-refractivity contribution < 1.29 is 0 Å². The highest BCUT2D eigenvalue weighted by Crippen LogP contribution is 2.20. The van der Waals surface area contributed by atoms with E-state index < -0.39 is 0 Å². The van der Waals surface area contributed by atoms with E-state index in [4.69, 9.17) is 0 Å². The quantitative estimate of drug-likeness (QED) is 0.662. The van der Waals surface area contributed by atoms with Gasteiger partial charge in [-0.1, -0.05) is 53.7 Å². The second kappa shape index (κ2) is 13.0. The van der Waals surface area contributed by atoms with E-state index in [1.54, 1.807) is 0 Å². The zero-order chi connectivity index (χ0) is 13.7. The maximum absolute atomic E-state index is 3.29. The second-order valence-corrected chi connectivity index (χ2v) is 2.85. The van der Waals surface area contributed by atoms with Gasteiger partial charge in [-0.2, -0.15) is 0 Å². The lowest BCUT2D eigenvalue weighted by molar-refractivity contribution is 0.325. The Bertz CT molecular complexity index is 250. The van der Waals surface area contributed by atoms with Crippen LogP contribution in [0.1, 0.15) is 54.9 Å². The molecule has 0 bridgehead atoms. The number of hydrogen-bond acceptors (Lipinski definition) is 2. The van der Waals surface area contributed by atoms with E-state index in [2.05, 4.69) is 41.8 Å². The van der Waals surface area contributed by atoms with Crippen LogP contribution in [0.5, 0.6) is 0 Å². The minimum Gasteiger partial charge on any atom is -0.284 e. The Morgan fingerprint density at radius 3 is 2.18 bits per heavy atom. The summed E-state index contributed by atoms with van der Waals surface area (Å²) in [4.78, 5) is 0. The van der Waals surface area contributed by atoms with E-state index in [9.17, 15) is 0 Å². The van der Waals surface area contributed by atoms with Crippen molar-refractivity contribution in [2.45, 2.75) is 54.9 Å². The molecule has 17 heavy (non-hydrogen) atoms. The zero-order valence-electron chi connectivity index (χ0n) is 12.7. The van der Waals surface area contributed by atoms with Gasteiger partial charge in [0.25, 0.3) is 0 Å². The van der Waals surface area contributed by atoms with Gasteiger partial charge >= 0.3 is 0 Å². The highest BCUT2D eigenvalue weighted by molar-refractivity contribution is 5.36. The summed E-state index contributed by atoms with van der Waals surface area (Å²) in [6, 6.07) is 0. The predicted molar refractivity (Wildman–Crippen MR) is 79.5 cm³/mol. The van der Waals surface area contributed by atoms with Crippen LogP contribution in [-0.4, -0.2) is 11.6 Å². The van der Waals surface area contributed by atoms with Crippen LogP contribution in [0.2, 0.25) is 0 Å². The molecule has 0 aromatic rings. The summed E-state index contributed by atoms with van der Waals surface area (Å²) in [5.74, 6) is 0. The lowest BCUT2D eigenvalue weighted by Gasteiger charge is -2.30. The van der Waals surface area contributed by atoms with E-state index in [0.29, 0.717) is 0 Å². The highest BCUT2D eigenvalue weighted by atomic mass is 15.5. The lowest BCUT2D eigenvalue weighted by atomic mass is 10.1. The van der Waals surface area contributed by atoms with Gasteiger partial charge in [0.05, 0.1) is 5.70 Å². The van der Waals surface area contributed by atoms with Crippen molar-refractivity contribution in [1.29, 1.82) is 0 Å². The van der Waals surface area contributed by atoms with Crippen molar-refractivity contribution in [1.82, 2.24) is 10.4 Å². The molecule has 2 heterocycles. The van der Waals surface area contributed by atoms with Crippen molar-refractivity contribution in [2.75, 3.05) is 6.54 Å². The Hall–Kier alpha value is -1.02. The molecule has 2 heteroatoms. The van der Waals surface area contributed by atoms with Gasteiger partial charge in [0, 0.05) is 12.7 Å². The molecule has 0 atom stereocenters. The third kappa shape index (κ3) is 6.32. The number of hydrogen-bond donors (Lipinski definition) is 1. The number of nitrogens with zero attached hydrogens (tertiary/aromatic N) is 1. The van der Waals surface area contributed by atoms with Gasteiger partial charge in [-0.05, 0) is 25.0 Å². The molecule has 0 aromatic carbocycles. The van der Waals surface area contributed by atoms with Crippen molar-refractivity contribution in [2.24, 2.45) is 0 Å². The predicted octanol–water partition coefficient (Wildman–Crippen LogP) is 4.63. The molecular formula is C15H30N2. The molecule has 0 aromatic heterocycles. The Balaban J connectivity index is 0. The Labute approximate surface area is 108 Å². The van der Waals surface area contributed by atoms with Gasteiger partial charge in [0.1, 0.15) is 0 Å². The molecule has 100 valence electrons. The monoisotopic (exact) mass is 238 g/mol. The SMILES string of the molecule is CC.CC.CC.CC1=CC=CN2NCCC=C12. The molecule has 0 unspecified atom stereocenters. The number of allylic oxidation sites excluding steroid dienone is 3.